The van der Waals surface area contributed by atoms with E-state index in [-0.39, 0.29) is 0 Å². The second-order valence-corrected chi connectivity index (χ2v) is 5.11. The second kappa shape index (κ2) is 7.47. The molecule has 0 aliphatic rings. The van der Waals surface area contributed by atoms with E-state index < -0.39 is 0 Å². The predicted molar refractivity (Wildman–Crippen MR) is 84.3 cm³/mol. The minimum absolute atomic E-state index is 0.413. The van der Waals surface area contributed by atoms with E-state index in [0.29, 0.717) is 12.5 Å². The molecular formula is C16H22N4O. The lowest BCUT2D eigenvalue weighted by molar-refractivity contribution is 0.410. The number of aromatic nitrogens is 1. The SMILES string of the molecule is CN=C(NCc1ccon1)NCC(C)c1cccc(C)c1. The molecule has 1 aromatic carbocycles. The molecule has 1 aromatic heterocycles. The molecule has 21 heavy (non-hydrogen) atoms. The minimum atomic E-state index is 0.413. The summed E-state index contributed by atoms with van der Waals surface area (Å²) in [6.07, 6.45) is 1.56. The average Bonchev–Trinajstić information content (AvgIpc) is 3.00. The highest BCUT2D eigenvalue weighted by molar-refractivity contribution is 5.79. The van der Waals surface area contributed by atoms with Crippen molar-refractivity contribution < 1.29 is 4.52 Å². The quantitative estimate of drug-likeness (QED) is 0.654. The van der Waals surface area contributed by atoms with Crippen LogP contribution in [-0.4, -0.2) is 24.7 Å². The number of guanidine groups is 1. The fraction of sp³-hybridized carbons (Fsp3) is 0.375. The molecule has 2 aromatic rings. The molecule has 0 aliphatic carbocycles. The van der Waals surface area contributed by atoms with E-state index in [1.807, 2.05) is 6.07 Å². The van der Waals surface area contributed by atoms with Crippen molar-refractivity contribution in [3.8, 4) is 0 Å². The van der Waals surface area contributed by atoms with Crippen LogP contribution in [0.25, 0.3) is 0 Å². The molecule has 2 rings (SSSR count). The van der Waals surface area contributed by atoms with Crippen molar-refractivity contribution in [3.05, 3.63) is 53.4 Å². The zero-order valence-electron chi connectivity index (χ0n) is 12.8. The molecule has 0 amide bonds. The maximum absolute atomic E-state index is 4.80. The van der Waals surface area contributed by atoms with Crippen LogP contribution in [0.3, 0.4) is 0 Å². The Morgan fingerprint density at radius 3 is 2.86 bits per heavy atom. The monoisotopic (exact) mass is 286 g/mol. The van der Waals surface area contributed by atoms with Gasteiger partial charge in [-0.15, -0.1) is 0 Å². The Morgan fingerprint density at radius 2 is 2.19 bits per heavy atom. The van der Waals surface area contributed by atoms with Crippen molar-refractivity contribution in [2.24, 2.45) is 4.99 Å². The second-order valence-electron chi connectivity index (χ2n) is 5.11. The maximum Gasteiger partial charge on any atom is 0.191 e. The van der Waals surface area contributed by atoms with E-state index in [0.717, 1.165) is 18.2 Å². The molecule has 5 nitrogen and oxygen atoms in total. The van der Waals surface area contributed by atoms with E-state index in [1.165, 1.54) is 11.1 Å². The Kier molecular flexibility index (Phi) is 5.37. The van der Waals surface area contributed by atoms with Gasteiger partial charge in [-0.2, -0.15) is 0 Å². The van der Waals surface area contributed by atoms with Crippen LogP contribution in [0, 0.1) is 6.92 Å². The number of hydrogen-bond donors (Lipinski definition) is 2. The molecule has 112 valence electrons. The first kappa shape index (κ1) is 15.1. The number of aryl methyl sites for hydroxylation is 1. The molecule has 0 spiro atoms. The largest absolute Gasteiger partial charge is 0.364 e. The summed E-state index contributed by atoms with van der Waals surface area (Å²) >= 11 is 0. The lowest BCUT2D eigenvalue weighted by Crippen LogP contribution is -2.38. The van der Waals surface area contributed by atoms with E-state index in [1.54, 1.807) is 13.3 Å². The van der Waals surface area contributed by atoms with Gasteiger partial charge in [-0.05, 0) is 18.4 Å². The zero-order chi connectivity index (χ0) is 15.1. The first-order valence-electron chi connectivity index (χ1n) is 7.09. The van der Waals surface area contributed by atoms with Crippen LogP contribution in [0.2, 0.25) is 0 Å². The van der Waals surface area contributed by atoms with Gasteiger partial charge in [-0.3, -0.25) is 4.99 Å². The molecular weight excluding hydrogens is 264 g/mol. The van der Waals surface area contributed by atoms with Crippen LogP contribution in [0.1, 0.15) is 29.7 Å². The van der Waals surface area contributed by atoms with Gasteiger partial charge in [0, 0.05) is 19.7 Å². The number of rotatable bonds is 5. The number of nitrogens with one attached hydrogen (secondary N) is 2. The lowest BCUT2D eigenvalue weighted by atomic mass is 9.99. The highest BCUT2D eigenvalue weighted by Crippen LogP contribution is 2.15. The summed E-state index contributed by atoms with van der Waals surface area (Å²) in [6, 6.07) is 10.4. The number of hydrogen-bond acceptors (Lipinski definition) is 3. The third-order valence-electron chi connectivity index (χ3n) is 3.34. The van der Waals surface area contributed by atoms with Crippen molar-refractivity contribution in [2.45, 2.75) is 26.3 Å². The molecule has 1 heterocycles. The van der Waals surface area contributed by atoms with Crippen molar-refractivity contribution in [1.82, 2.24) is 15.8 Å². The minimum Gasteiger partial charge on any atom is -0.364 e. The van der Waals surface area contributed by atoms with Crippen LogP contribution in [0.4, 0.5) is 0 Å². The third kappa shape index (κ3) is 4.63. The molecule has 0 saturated carbocycles. The highest BCUT2D eigenvalue weighted by Gasteiger charge is 2.07. The van der Waals surface area contributed by atoms with Crippen molar-refractivity contribution in [1.29, 1.82) is 0 Å². The van der Waals surface area contributed by atoms with Gasteiger partial charge in [0.1, 0.15) is 12.0 Å². The molecule has 5 heteroatoms. The molecule has 1 unspecified atom stereocenters. The standard InChI is InChI=1S/C16H22N4O/c1-12-5-4-6-14(9-12)13(2)10-18-16(17-3)19-11-15-7-8-21-20-15/h4-9,13H,10-11H2,1-3H3,(H2,17,18,19). The van der Waals surface area contributed by atoms with Crippen LogP contribution >= 0.6 is 0 Å². The Hall–Kier alpha value is -2.30. The van der Waals surface area contributed by atoms with Crippen molar-refractivity contribution in [3.63, 3.8) is 0 Å². The van der Waals surface area contributed by atoms with Crippen molar-refractivity contribution >= 4 is 5.96 Å². The molecule has 2 N–H and O–H groups in total. The molecule has 0 bridgehead atoms. The van der Waals surface area contributed by atoms with Gasteiger partial charge >= 0.3 is 0 Å². The molecule has 0 aliphatic heterocycles. The van der Waals surface area contributed by atoms with E-state index in [9.17, 15) is 0 Å². The number of aliphatic imine (C=N–C) groups is 1. The van der Waals surface area contributed by atoms with Crippen LogP contribution < -0.4 is 10.6 Å². The van der Waals surface area contributed by atoms with Crippen LogP contribution in [0.15, 0.2) is 46.1 Å². The Labute approximate surface area is 125 Å². The normalized spacial score (nSPS) is 13.0. The smallest absolute Gasteiger partial charge is 0.191 e. The summed E-state index contributed by atoms with van der Waals surface area (Å²) in [5, 5.41) is 10.4. The summed E-state index contributed by atoms with van der Waals surface area (Å²) in [6.45, 7) is 5.73. The van der Waals surface area contributed by atoms with Gasteiger partial charge in [0.15, 0.2) is 5.96 Å². The summed E-state index contributed by atoms with van der Waals surface area (Å²) in [5.41, 5.74) is 3.46. The summed E-state index contributed by atoms with van der Waals surface area (Å²) < 4.78 is 4.80. The molecule has 0 fully saturated rings. The Morgan fingerprint density at radius 1 is 1.33 bits per heavy atom. The first-order chi connectivity index (χ1) is 10.2. The summed E-state index contributed by atoms with van der Waals surface area (Å²) in [5.74, 6) is 1.17. The average molecular weight is 286 g/mol. The lowest BCUT2D eigenvalue weighted by Gasteiger charge is -2.16. The van der Waals surface area contributed by atoms with E-state index in [2.05, 4.69) is 58.9 Å². The molecule has 0 radical (unpaired) electrons. The number of benzene rings is 1. The van der Waals surface area contributed by atoms with Crippen molar-refractivity contribution in [2.75, 3.05) is 13.6 Å². The van der Waals surface area contributed by atoms with Crippen LogP contribution in [0.5, 0.6) is 0 Å². The molecule has 0 saturated heterocycles. The summed E-state index contributed by atoms with van der Waals surface area (Å²) in [4.78, 5) is 4.21. The highest BCUT2D eigenvalue weighted by atomic mass is 16.5. The zero-order valence-corrected chi connectivity index (χ0v) is 12.8. The van der Waals surface area contributed by atoms with Gasteiger partial charge in [0.05, 0.1) is 6.54 Å². The predicted octanol–water partition coefficient (Wildman–Crippen LogP) is 2.45. The Balaban J connectivity index is 1.82. The summed E-state index contributed by atoms with van der Waals surface area (Å²) in [7, 11) is 1.76. The molecule has 1 atom stereocenters. The first-order valence-corrected chi connectivity index (χ1v) is 7.09. The third-order valence-corrected chi connectivity index (χ3v) is 3.34. The maximum atomic E-state index is 4.80. The van der Waals surface area contributed by atoms with E-state index >= 15 is 0 Å². The van der Waals surface area contributed by atoms with Gasteiger partial charge in [0.2, 0.25) is 0 Å². The van der Waals surface area contributed by atoms with Gasteiger partial charge < -0.3 is 15.2 Å². The van der Waals surface area contributed by atoms with Gasteiger partial charge in [0.25, 0.3) is 0 Å². The Bertz CT molecular complexity index is 578. The fourth-order valence-electron chi connectivity index (χ4n) is 2.07. The van der Waals surface area contributed by atoms with Gasteiger partial charge in [-0.1, -0.05) is 41.9 Å². The number of nitrogens with zero attached hydrogens (tertiary/aromatic N) is 2. The van der Waals surface area contributed by atoms with Crippen LogP contribution in [-0.2, 0) is 6.54 Å². The van der Waals surface area contributed by atoms with Gasteiger partial charge in [-0.25, -0.2) is 0 Å². The topological polar surface area (TPSA) is 62.5 Å². The van der Waals surface area contributed by atoms with E-state index in [4.69, 9.17) is 4.52 Å². The fourth-order valence-corrected chi connectivity index (χ4v) is 2.07.